The van der Waals surface area contributed by atoms with Crippen LogP contribution in [-0.4, -0.2) is 38.1 Å². The van der Waals surface area contributed by atoms with Gasteiger partial charge in [-0.15, -0.1) is 0 Å². The van der Waals surface area contributed by atoms with E-state index < -0.39 is 23.5 Å². The first kappa shape index (κ1) is 25.1. The molecule has 1 fully saturated rings. The molecule has 0 spiro atoms. The Morgan fingerprint density at radius 2 is 1.56 bits per heavy atom. The number of methoxy groups -OCH3 is 3. The topological polar surface area (TPSA) is 85.3 Å². The van der Waals surface area contributed by atoms with Gasteiger partial charge >= 0.3 is 0 Å². The van der Waals surface area contributed by atoms with Crippen molar-refractivity contribution >= 4 is 34.7 Å². The number of aryl methyl sites for hydroxylation is 2. The number of para-hydroxylation sites is 1. The highest BCUT2D eigenvalue weighted by Gasteiger charge is 2.48. The molecule has 1 unspecified atom stereocenters. The van der Waals surface area contributed by atoms with Crippen molar-refractivity contribution in [2.45, 2.75) is 19.9 Å². The third kappa shape index (κ3) is 4.16. The molecule has 1 heterocycles. The smallest absolute Gasteiger partial charge is 0.300 e. The van der Waals surface area contributed by atoms with Crippen molar-refractivity contribution in [3.8, 4) is 17.2 Å². The van der Waals surface area contributed by atoms with Gasteiger partial charge in [0.05, 0.1) is 43.5 Å². The zero-order valence-electron chi connectivity index (χ0n) is 20.6. The molecule has 1 atom stereocenters. The lowest BCUT2D eigenvalue weighted by Crippen LogP contribution is -2.30. The number of hydrogen-bond donors (Lipinski definition) is 1. The Kier molecular flexibility index (Phi) is 6.95. The van der Waals surface area contributed by atoms with E-state index >= 15 is 0 Å². The molecule has 1 saturated heterocycles. The lowest BCUT2D eigenvalue weighted by atomic mass is 9.93. The van der Waals surface area contributed by atoms with Gasteiger partial charge in [-0.1, -0.05) is 41.9 Å². The maximum Gasteiger partial charge on any atom is 0.300 e. The molecule has 3 aromatic rings. The second kappa shape index (κ2) is 9.95. The van der Waals surface area contributed by atoms with Gasteiger partial charge in [0, 0.05) is 17.3 Å². The number of aliphatic hydroxyl groups is 1. The third-order valence-corrected chi connectivity index (χ3v) is 6.53. The van der Waals surface area contributed by atoms with Gasteiger partial charge in [0.1, 0.15) is 23.0 Å². The summed E-state index contributed by atoms with van der Waals surface area (Å²) in [5.74, 6) is -0.991. The number of hydrogen-bond acceptors (Lipinski definition) is 6. The van der Waals surface area contributed by atoms with E-state index in [1.165, 1.54) is 38.4 Å². The number of anilines is 1. The predicted molar refractivity (Wildman–Crippen MR) is 138 cm³/mol. The summed E-state index contributed by atoms with van der Waals surface area (Å²) >= 11 is 6.34. The Morgan fingerprint density at radius 1 is 0.889 bits per heavy atom. The molecule has 186 valence electrons. The molecule has 8 heteroatoms. The Morgan fingerprint density at radius 3 is 2.22 bits per heavy atom. The number of Topliss-reactive ketones (excluding diaryl/α,β-unsaturated/α-hetero) is 1. The van der Waals surface area contributed by atoms with Crippen LogP contribution in [0.5, 0.6) is 17.2 Å². The molecule has 1 N–H and O–H groups in total. The fraction of sp³-hybridized carbons (Fsp3) is 0.214. The normalized spacial score (nSPS) is 16.8. The molecule has 1 aliphatic rings. The number of carbonyl (C=O) groups excluding carboxylic acids is 2. The highest BCUT2D eigenvalue weighted by atomic mass is 35.5. The van der Waals surface area contributed by atoms with Crippen LogP contribution in [0.3, 0.4) is 0 Å². The molecule has 7 nitrogen and oxygen atoms in total. The molecule has 0 saturated carbocycles. The highest BCUT2D eigenvalue weighted by Crippen LogP contribution is 2.47. The van der Waals surface area contributed by atoms with Crippen LogP contribution < -0.4 is 19.1 Å². The zero-order chi connectivity index (χ0) is 26.1. The minimum absolute atomic E-state index is 0.107. The van der Waals surface area contributed by atoms with Crippen molar-refractivity contribution in [1.29, 1.82) is 0 Å². The van der Waals surface area contributed by atoms with Crippen LogP contribution in [0.15, 0.2) is 60.2 Å². The Balaban J connectivity index is 2.06. The number of amides is 1. The van der Waals surface area contributed by atoms with Gasteiger partial charge in [-0.2, -0.15) is 0 Å². The fourth-order valence-electron chi connectivity index (χ4n) is 4.44. The van der Waals surface area contributed by atoms with Gasteiger partial charge in [-0.3, -0.25) is 14.5 Å². The number of rotatable bonds is 6. The van der Waals surface area contributed by atoms with Crippen LogP contribution in [0.4, 0.5) is 5.69 Å². The maximum absolute atomic E-state index is 13.5. The number of benzene rings is 3. The van der Waals surface area contributed by atoms with Crippen molar-refractivity contribution in [3.05, 3.63) is 87.4 Å². The van der Waals surface area contributed by atoms with Crippen LogP contribution >= 0.6 is 11.6 Å². The largest absolute Gasteiger partial charge is 0.507 e. The summed E-state index contributed by atoms with van der Waals surface area (Å²) < 4.78 is 16.3. The lowest BCUT2D eigenvalue weighted by Gasteiger charge is -2.28. The predicted octanol–water partition coefficient (Wildman–Crippen LogP) is 5.61. The van der Waals surface area contributed by atoms with Crippen molar-refractivity contribution in [2.24, 2.45) is 0 Å². The molecule has 3 aromatic carbocycles. The molecule has 1 amide bonds. The zero-order valence-corrected chi connectivity index (χ0v) is 21.3. The van der Waals surface area contributed by atoms with E-state index in [9.17, 15) is 14.7 Å². The van der Waals surface area contributed by atoms with Crippen LogP contribution in [0.2, 0.25) is 5.02 Å². The molecule has 1 aliphatic heterocycles. The third-order valence-electron chi connectivity index (χ3n) is 6.23. The summed E-state index contributed by atoms with van der Waals surface area (Å²) in [4.78, 5) is 28.5. The number of nitrogens with zero attached hydrogens (tertiary/aromatic N) is 1. The number of ether oxygens (including phenoxy) is 3. The molecule has 36 heavy (non-hydrogen) atoms. The summed E-state index contributed by atoms with van der Waals surface area (Å²) in [5.41, 5.74) is 2.87. The van der Waals surface area contributed by atoms with Crippen molar-refractivity contribution in [3.63, 3.8) is 0 Å². The maximum atomic E-state index is 13.5. The first-order valence-corrected chi connectivity index (χ1v) is 11.5. The summed E-state index contributed by atoms with van der Waals surface area (Å²) in [7, 11) is 4.39. The first-order valence-electron chi connectivity index (χ1n) is 11.2. The number of aliphatic hydroxyl groups excluding tert-OH is 1. The van der Waals surface area contributed by atoms with E-state index in [0.29, 0.717) is 22.7 Å². The van der Waals surface area contributed by atoms with Gasteiger partial charge in [0.2, 0.25) is 0 Å². The summed E-state index contributed by atoms with van der Waals surface area (Å²) in [6.45, 7) is 3.77. The minimum atomic E-state index is -0.966. The van der Waals surface area contributed by atoms with Crippen LogP contribution in [0, 0.1) is 13.8 Å². The van der Waals surface area contributed by atoms with Gasteiger partial charge in [-0.25, -0.2) is 0 Å². The second-order valence-electron chi connectivity index (χ2n) is 8.39. The van der Waals surface area contributed by atoms with E-state index in [1.807, 2.05) is 32.0 Å². The van der Waals surface area contributed by atoms with E-state index in [2.05, 4.69) is 0 Å². The fourth-order valence-corrected chi connectivity index (χ4v) is 4.68. The number of halogens is 1. The molecule has 0 radical (unpaired) electrons. The monoisotopic (exact) mass is 507 g/mol. The van der Waals surface area contributed by atoms with Crippen LogP contribution in [0.25, 0.3) is 5.76 Å². The van der Waals surface area contributed by atoms with Crippen LogP contribution in [-0.2, 0) is 9.59 Å². The highest BCUT2D eigenvalue weighted by molar-refractivity contribution is 6.52. The number of ketones is 1. The van der Waals surface area contributed by atoms with Crippen molar-refractivity contribution in [1.82, 2.24) is 0 Å². The van der Waals surface area contributed by atoms with E-state index in [4.69, 9.17) is 25.8 Å². The molecular formula is C28H26ClNO6. The van der Waals surface area contributed by atoms with Gasteiger partial charge in [-0.05, 0) is 43.2 Å². The van der Waals surface area contributed by atoms with Crippen LogP contribution in [0.1, 0.15) is 28.3 Å². The van der Waals surface area contributed by atoms with E-state index in [0.717, 1.165) is 11.1 Å². The van der Waals surface area contributed by atoms with Gasteiger partial charge in [0.15, 0.2) is 0 Å². The standard InChI is InChI=1S/C28H26ClNO6/c1-15-10-11-16(2)20(12-15)30-25(17-8-6-7-9-21(17)34-3)24(27(32)28(30)33)26(31)18-13-19(29)23(36-5)14-22(18)35-4/h6-14,25,31H,1-5H3/b26-24+. The lowest BCUT2D eigenvalue weighted by molar-refractivity contribution is -0.132. The average Bonchev–Trinajstić information content (AvgIpc) is 3.14. The molecular weight excluding hydrogens is 482 g/mol. The summed E-state index contributed by atoms with van der Waals surface area (Å²) in [5, 5.41) is 11.8. The van der Waals surface area contributed by atoms with Gasteiger partial charge < -0.3 is 19.3 Å². The Hall–Kier alpha value is -3.97. The average molecular weight is 508 g/mol. The quantitative estimate of drug-likeness (QED) is 0.265. The van der Waals surface area contributed by atoms with Gasteiger partial charge in [0.25, 0.3) is 11.7 Å². The SMILES string of the molecule is COc1cc(OC)c(/C(O)=C2\C(=O)C(=O)N(c3cc(C)ccc3C)C2c2ccccc2OC)cc1Cl. The molecule has 4 rings (SSSR count). The molecule has 0 bridgehead atoms. The van der Waals surface area contributed by atoms with E-state index in [1.54, 1.807) is 24.3 Å². The van der Waals surface area contributed by atoms with Crippen molar-refractivity contribution < 1.29 is 28.9 Å². The van der Waals surface area contributed by atoms with E-state index in [-0.39, 0.29) is 21.9 Å². The minimum Gasteiger partial charge on any atom is -0.507 e. The molecule has 0 aliphatic carbocycles. The Bertz CT molecular complexity index is 1400. The first-order chi connectivity index (χ1) is 17.2. The summed E-state index contributed by atoms with van der Waals surface area (Å²) in [6.07, 6.45) is 0. The number of carbonyl (C=O) groups is 2. The summed E-state index contributed by atoms with van der Waals surface area (Å²) in [6, 6.07) is 14.7. The molecule has 0 aromatic heterocycles. The van der Waals surface area contributed by atoms with Crippen molar-refractivity contribution in [2.75, 3.05) is 26.2 Å². The Labute approximate surface area is 214 Å². The second-order valence-corrected chi connectivity index (χ2v) is 8.80.